The van der Waals surface area contributed by atoms with E-state index < -0.39 is 5.60 Å². The van der Waals surface area contributed by atoms with Crippen molar-refractivity contribution in [2.24, 2.45) is 0 Å². The number of rotatable bonds is 6. The van der Waals surface area contributed by atoms with Crippen molar-refractivity contribution in [3.05, 3.63) is 0 Å². The van der Waals surface area contributed by atoms with Crippen molar-refractivity contribution < 1.29 is 9.90 Å². The van der Waals surface area contributed by atoms with Crippen molar-refractivity contribution in [3.63, 3.8) is 0 Å². The van der Waals surface area contributed by atoms with Gasteiger partial charge in [-0.2, -0.15) is 0 Å². The molecular formula is C13H27N3O2. The summed E-state index contributed by atoms with van der Waals surface area (Å²) in [7, 11) is 0. The van der Waals surface area contributed by atoms with Gasteiger partial charge in [0.05, 0.1) is 12.1 Å². The number of carbonyl (C=O) groups excluding carboxylic acids is 1. The number of nitrogens with zero attached hydrogens (tertiary/aromatic N) is 2. The van der Waals surface area contributed by atoms with E-state index in [4.69, 9.17) is 0 Å². The van der Waals surface area contributed by atoms with E-state index in [0.29, 0.717) is 13.1 Å². The summed E-state index contributed by atoms with van der Waals surface area (Å²) in [6, 6.07) is 0. The first kappa shape index (κ1) is 15.4. The normalized spacial score (nSPS) is 18.1. The summed E-state index contributed by atoms with van der Waals surface area (Å²) in [6.07, 6.45) is 1.05. The molecule has 1 rings (SSSR count). The standard InChI is InChI=1S/C13H27N3O2/c1-4-5-14-10-12(17)16-8-6-15(7-9-16)11-13(2,3)18/h14,18H,4-11H2,1-3H3. The lowest BCUT2D eigenvalue weighted by molar-refractivity contribution is -0.132. The van der Waals surface area contributed by atoms with Crippen molar-refractivity contribution in [3.8, 4) is 0 Å². The minimum atomic E-state index is -0.658. The van der Waals surface area contributed by atoms with Crippen molar-refractivity contribution >= 4 is 5.91 Å². The fraction of sp³-hybridized carbons (Fsp3) is 0.923. The number of hydrogen-bond donors (Lipinski definition) is 2. The summed E-state index contributed by atoms with van der Waals surface area (Å²) < 4.78 is 0. The van der Waals surface area contributed by atoms with Gasteiger partial charge < -0.3 is 15.3 Å². The predicted molar refractivity (Wildman–Crippen MR) is 72.5 cm³/mol. The minimum absolute atomic E-state index is 0.186. The SMILES string of the molecule is CCCNCC(=O)N1CCN(CC(C)(C)O)CC1. The zero-order valence-electron chi connectivity index (χ0n) is 11.9. The molecule has 0 aromatic heterocycles. The summed E-state index contributed by atoms with van der Waals surface area (Å²) in [5.74, 6) is 0.186. The van der Waals surface area contributed by atoms with Gasteiger partial charge in [0.25, 0.3) is 0 Å². The molecule has 2 N–H and O–H groups in total. The van der Waals surface area contributed by atoms with E-state index in [2.05, 4.69) is 17.1 Å². The Morgan fingerprint density at radius 1 is 1.28 bits per heavy atom. The number of carbonyl (C=O) groups is 1. The van der Waals surface area contributed by atoms with E-state index in [1.54, 1.807) is 0 Å². The van der Waals surface area contributed by atoms with Crippen molar-refractivity contribution in [2.75, 3.05) is 45.8 Å². The van der Waals surface area contributed by atoms with Gasteiger partial charge in [-0.15, -0.1) is 0 Å². The molecule has 5 heteroatoms. The van der Waals surface area contributed by atoms with Crippen LogP contribution in [0.4, 0.5) is 0 Å². The van der Waals surface area contributed by atoms with Gasteiger partial charge >= 0.3 is 0 Å². The van der Waals surface area contributed by atoms with Gasteiger partial charge in [-0.05, 0) is 26.8 Å². The van der Waals surface area contributed by atoms with Crippen LogP contribution in [0.15, 0.2) is 0 Å². The highest BCUT2D eigenvalue weighted by atomic mass is 16.3. The first-order valence-electron chi connectivity index (χ1n) is 6.85. The first-order valence-corrected chi connectivity index (χ1v) is 6.85. The average Bonchev–Trinajstić information content (AvgIpc) is 2.28. The van der Waals surface area contributed by atoms with Crippen LogP contribution >= 0.6 is 0 Å². The molecule has 5 nitrogen and oxygen atoms in total. The molecule has 0 saturated carbocycles. The fourth-order valence-corrected chi connectivity index (χ4v) is 2.19. The van der Waals surface area contributed by atoms with Crippen LogP contribution in [0.5, 0.6) is 0 Å². The monoisotopic (exact) mass is 257 g/mol. The van der Waals surface area contributed by atoms with E-state index in [0.717, 1.165) is 39.1 Å². The lowest BCUT2D eigenvalue weighted by Gasteiger charge is -2.37. The zero-order valence-corrected chi connectivity index (χ0v) is 11.9. The number of piperazine rings is 1. The molecule has 1 fully saturated rings. The van der Waals surface area contributed by atoms with Crippen LogP contribution in [0.2, 0.25) is 0 Å². The summed E-state index contributed by atoms with van der Waals surface area (Å²) in [5, 5.41) is 12.9. The van der Waals surface area contributed by atoms with Crippen molar-refractivity contribution in [1.29, 1.82) is 0 Å². The van der Waals surface area contributed by atoms with Crippen LogP contribution in [0.25, 0.3) is 0 Å². The third-order valence-corrected chi connectivity index (χ3v) is 3.04. The smallest absolute Gasteiger partial charge is 0.236 e. The summed E-state index contributed by atoms with van der Waals surface area (Å²) in [5.41, 5.74) is -0.658. The molecule has 1 amide bonds. The van der Waals surface area contributed by atoms with E-state index in [9.17, 15) is 9.90 Å². The minimum Gasteiger partial charge on any atom is -0.389 e. The lowest BCUT2D eigenvalue weighted by atomic mass is 10.1. The van der Waals surface area contributed by atoms with Crippen LogP contribution in [0.3, 0.4) is 0 Å². The van der Waals surface area contributed by atoms with E-state index >= 15 is 0 Å². The summed E-state index contributed by atoms with van der Waals surface area (Å²) in [4.78, 5) is 16.0. The number of aliphatic hydroxyl groups is 1. The van der Waals surface area contributed by atoms with Crippen LogP contribution in [0, 0.1) is 0 Å². The van der Waals surface area contributed by atoms with Crippen molar-refractivity contribution in [1.82, 2.24) is 15.1 Å². The Balaban J connectivity index is 2.24. The molecule has 18 heavy (non-hydrogen) atoms. The van der Waals surface area contributed by atoms with Gasteiger partial charge in [0.2, 0.25) is 5.91 Å². The molecule has 1 aliphatic rings. The number of amides is 1. The Morgan fingerprint density at radius 2 is 1.89 bits per heavy atom. The van der Waals surface area contributed by atoms with Crippen LogP contribution in [-0.4, -0.2) is 72.2 Å². The molecule has 1 heterocycles. The maximum atomic E-state index is 11.9. The number of nitrogens with one attached hydrogen (secondary N) is 1. The van der Waals surface area contributed by atoms with Crippen LogP contribution < -0.4 is 5.32 Å². The Hall–Kier alpha value is -0.650. The predicted octanol–water partition coefficient (Wildman–Crippen LogP) is -0.0989. The Morgan fingerprint density at radius 3 is 2.39 bits per heavy atom. The maximum absolute atomic E-state index is 11.9. The van der Waals surface area contributed by atoms with Gasteiger partial charge in [-0.3, -0.25) is 9.69 Å². The second-order valence-corrected chi connectivity index (χ2v) is 5.65. The molecule has 0 aromatic rings. The third-order valence-electron chi connectivity index (χ3n) is 3.04. The number of hydrogen-bond acceptors (Lipinski definition) is 4. The second-order valence-electron chi connectivity index (χ2n) is 5.65. The lowest BCUT2D eigenvalue weighted by Crippen LogP contribution is -2.53. The van der Waals surface area contributed by atoms with E-state index in [-0.39, 0.29) is 5.91 Å². The highest BCUT2D eigenvalue weighted by molar-refractivity contribution is 5.78. The zero-order chi connectivity index (χ0) is 13.6. The van der Waals surface area contributed by atoms with Crippen LogP contribution in [-0.2, 0) is 4.79 Å². The highest BCUT2D eigenvalue weighted by Crippen LogP contribution is 2.08. The van der Waals surface area contributed by atoms with Gasteiger partial charge in [-0.25, -0.2) is 0 Å². The molecule has 106 valence electrons. The van der Waals surface area contributed by atoms with Gasteiger partial charge in [0.1, 0.15) is 0 Å². The van der Waals surface area contributed by atoms with E-state index in [1.807, 2.05) is 18.7 Å². The molecule has 0 atom stereocenters. The Bertz CT molecular complexity index is 255. The van der Waals surface area contributed by atoms with E-state index in [1.165, 1.54) is 0 Å². The molecule has 1 saturated heterocycles. The van der Waals surface area contributed by atoms with Gasteiger partial charge in [0.15, 0.2) is 0 Å². The average molecular weight is 257 g/mol. The first-order chi connectivity index (χ1) is 8.42. The molecule has 0 aliphatic carbocycles. The second kappa shape index (κ2) is 7.07. The van der Waals surface area contributed by atoms with Gasteiger partial charge in [0, 0.05) is 32.7 Å². The van der Waals surface area contributed by atoms with Crippen LogP contribution in [0.1, 0.15) is 27.2 Å². The largest absolute Gasteiger partial charge is 0.389 e. The molecule has 0 spiro atoms. The quantitative estimate of drug-likeness (QED) is 0.653. The molecule has 0 aromatic carbocycles. The highest BCUT2D eigenvalue weighted by Gasteiger charge is 2.24. The fourth-order valence-electron chi connectivity index (χ4n) is 2.19. The summed E-state index contributed by atoms with van der Waals surface area (Å²) in [6.45, 7) is 11.0. The Kier molecular flexibility index (Phi) is 6.05. The molecule has 0 bridgehead atoms. The molecular weight excluding hydrogens is 230 g/mol. The topological polar surface area (TPSA) is 55.8 Å². The maximum Gasteiger partial charge on any atom is 0.236 e. The van der Waals surface area contributed by atoms with Gasteiger partial charge in [-0.1, -0.05) is 6.92 Å². The molecule has 0 radical (unpaired) electrons. The summed E-state index contributed by atoms with van der Waals surface area (Å²) >= 11 is 0. The molecule has 0 unspecified atom stereocenters. The number of β-amino-alcohol motifs (C(OH)–C–C–N with tert-alkyl or cyclic N) is 1. The Labute approximate surface area is 110 Å². The third kappa shape index (κ3) is 5.80. The van der Waals surface area contributed by atoms with Crippen molar-refractivity contribution in [2.45, 2.75) is 32.8 Å². The molecule has 1 aliphatic heterocycles.